The summed E-state index contributed by atoms with van der Waals surface area (Å²) in [6.07, 6.45) is 1.51. The maximum absolute atomic E-state index is 11.7. The van der Waals surface area contributed by atoms with Crippen molar-refractivity contribution in [1.29, 1.82) is 0 Å². The Bertz CT molecular complexity index is 1410. The molecule has 0 fully saturated rings. The summed E-state index contributed by atoms with van der Waals surface area (Å²) < 4.78 is 12.6. The lowest BCUT2D eigenvalue weighted by Gasteiger charge is -2.05. The van der Waals surface area contributed by atoms with Gasteiger partial charge in [0.05, 0.1) is 11.0 Å². The van der Waals surface area contributed by atoms with Crippen LogP contribution in [0.15, 0.2) is 46.9 Å². The van der Waals surface area contributed by atoms with E-state index in [2.05, 4.69) is 25.5 Å². The van der Waals surface area contributed by atoms with Crippen LogP contribution in [-0.4, -0.2) is 36.0 Å². The molecule has 0 bridgehead atoms. The van der Waals surface area contributed by atoms with E-state index in [0.717, 1.165) is 0 Å². The van der Waals surface area contributed by atoms with Crippen LogP contribution in [0.1, 0.15) is 18.5 Å². The first-order valence-electron chi connectivity index (χ1n) is 8.52. The molecular weight excluding hydrogens is 396 g/mol. The number of esters is 1. The van der Waals surface area contributed by atoms with Crippen molar-refractivity contribution in [1.82, 2.24) is 30.0 Å². The van der Waals surface area contributed by atoms with Gasteiger partial charge in [-0.15, -0.1) is 5.10 Å². The van der Waals surface area contributed by atoms with Crippen molar-refractivity contribution in [3.8, 4) is 0 Å². The molecule has 0 saturated heterocycles. The largest absolute Gasteiger partial charge is 0.434 e. The number of aromatic nitrogens is 6. The van der Waals surface area contributed by atoms with Crippen molar-refractivity contribution >= 4 is 57.2 Å². The fourth-order valence-electron chi connectivity index (χ4n) is 2.94. The molecule has 29 heavy (non-hydrogen) atoms. The number of benzene rings is 2. The van der Waals surface area contributed by atoms with Crippen LogP contribution in [0.3, 0.4) is 0 Å². The van der Waals surface area contributed by atoms with Gasteiger partial charge in [-0.3, -0.25) is 4.79 Å². The maximum atomic E-state index is 11.7. The van der Waals surface area contributed by atoms with Crippen molar-refractivity contribution < 1.29 is 13.9 Å². The Morgan fingerprint density at radius 3 is 2.86 bits per heavy atom. The molecule has 5 aromatic rings. The average molecular weight is 407 g/mol. The van der Waals surface area contributed by atoms with Crippen LogP contribution in [0.2, 0.25) is 5.02 Å². The highest BCUT2D eigenvalue weighted by atomic mass is 35.5. The van der Waals surface area contributed by atoms with Gasteiger partial charge in [0.25, 0.3) is 5.89 Å². The number of tetrazole rings is 1. The molecule has 0 aliphatic heterocycles. The molecule has 3 aromatic heterocycles. The van der Waals surface area contributed by atoms with Gasteiger partial charge in [0.2, 0.25) is 5.65 Å². The van der Waals surface area contributed by atoms with Gasteiger partial charge in [-0.2, -0.15) is 4.52 Å². The first-order chi connectivity index (χ1) is 14.1. The highest BCUT2D eigenvalue weighted by Gasteiger charge is 2.18. The third-order valence-electron chi connectivity index (χ3n) is 4.13. The van der Waals surface area contributed by atoms with Crippen LogP contribution in [0.25, 0.3) is 39.6 Å². The Morgan fingerprint density at radius 1 is 1.17 bits per heavy atom. The number of oxazole rings is 1. The molecule has 0 saturated carbocycles. The SMILES string of the molecule is CC(=O)O/C(=C\c1nc2cc(Cl)ccc2n2nnnc12)c1nc2ccccc2o1. The number of halogens is 1. The number of carbonyl (C=O) groups is 1. The fourth-order valence-corrected chi connectivity index (χ4v) is 3.11. The van der Waals surface area contributed by atoms with Crippen molar-refractivity contribution in [3.63, 3.8) is 0 Å². The molecule has 5 rings (SSSR count). The highest BCUT2D eigenvalue weighted by Crippen LogP contribution is 2.26. The summed E-state index contributed by atoms with van der Waals surface area (Å²) in [7, 11) is 0. The van der Waals surface area contributed by atoms with Gasteiger partial charge >= 0.3 is 5.97 Å². The normalized spacial score (nSPS) is 12.1. The number of ether oxygens (including phenoxy) is 1. The highest BCUT2D eigenvalue weighted by molar-refractivity contribution is 6.31. The van der Waals surface area contributed by atoms with Gasteiger partial charge in [0.1, 0.15) is 11.2 Å². The summed E-state index contributed by atoms with van der Waals surface area (Å²) in [4.78, 5) is 20.7. The minimum atomic E-state index is -0.530. The number of hydrogen-bond donors (Lipinski definition) is 0. The Hall–Kier alpha value is -3.85. The first-order valence-corrected chi connectivity index (χ1v) is 8.90. The smallest absolute Gasteiger partial charge is 0.308 e. The molecule has 0 unspecified atom stereocenters. The van der Waals surface area contributed by atoms with Crippen LogP contribution in [-0.2, 0) is 9.53 Å². The number of rotatable bonds is 3. The van der Waals surface area contributed by atoms with E-state index in [1.165, 1.54) is 17.5 Å². The quantitative estimate of drug-likeness (QED) is 0.330. The molecule has 0 N–H and O–H groups in total. The van der Waals surface area contributed by atoms with Gasteiger partial charge in [-0.05, 0) is 40.8 Å². The number of fused-ring (bicyclic) bond motifs is 4. The molecule has 2 aromatic carbocycles. The molecular formula is C19H11ClN6O3. The lowest BCUT2D eigenvalue weighted by atomic mass is 10.2. The summed E-state index contributed by atoms with van der Waals surface area (Å²) in [6.45, 7) is 1.29. The summed E-state index contributed by atoms with van der Waals surface area (Å²) in [5, 5.41) is 12.3. The van der Waals surface area contributed by atoms with E-state index in [1.54, 1.807) is 30.3 Å². The first kappa shape index (κ1) is 17.3. The fraction of sp³-hybridized carbons (Fsp3) is 0.0526. The molecule has 3 heterocycles. The summed E-state index contributed by atoms with van der Waals surface area (Å²) in [5.74, 6) is -0.301. The monoisotopic (exact) mass is 406 g/mol. The zero-order valence-corrected chi connectivity index (χ0v) is 15.7. The van der Waals surface area contributed by atoms with Gasteiger partial charge in [0, 0.05) is 18.0 Å². The van der Waals surface area contributed by atoms with Gasteiger partial charge in [-0.25, -0.2) is 9.97 Å². The van der Waals surface area contributed by atoms with E-state index in [1.807, 2.05) is 12.1 Å². The molecule has 142 valence electrons. The van der Waals surface area contributed by atoms with Crippen LogP contribution >= 0.6 is 11.6 Å². The van der Waals surface area contributed by atoms with Gasteiger partial charge in [0.15, 0.2) is 11.3 Å². The number of para-hydroxylation sites is 2. The second kappa shape index (κ2) is 6.64. The minimum absolute atomic E-state index is 0.0903. The van der Waals surface area contributed by atoms with Crippen molar-refractivity contribution in [2.75, 3.05) is 0 Å². The van der Waals surface area contributed by atoms with Crippen molar-refractivity contribution in [3.05, 3.63) is 59.1 Å². The van der Waals surface area contributed by atoms with Gasteiger partial charge in [-0.1, -0.05) is 23.7 Å². The van der Waals surface area contributed by atoms with Crippen LogP contribution in [0.4, 0.5) is 0 Å². The van der Waals surface area contributed by atoms with E-state index in [-0.39, 0.29) is 11.6 Å². The lowest BCUT2D eigenvalue weighted by molar-refractivity contribution is -0.134. The predicted octanol–water partition coefficient (Wildman–Crippen LogP) is 3.53. The zero-order chi connectivity index (χ0) is 20.0. The lowest BCUT2D eigenvalue weighted by Crippen LogP contribution is -2.01. The standard InChI is InChI=1S/C19H11ClN6O3/c1-10(27)28-17(19-22-12-4-2-3-5-16(12)29-19)9-14-18-23-24-25-26(18)15-7-6-11(20)8-13(15)21-14/h2-9H,1H3/b17-9-. The second-order valence-corrected chi connectivity index (χ2v) is 6.57. The summed E-state index contributed by atoms with van der Waals surface area (Å²) in [5.41, 5.74) is 3.19. The van der Waals surface area contributed by atoms with Crippen LogP contribution in [0.5, 0.6) is 0 Å². The number of nitrogens with zero attached hydrogens (tertiary/aromatic N) is 6. The molecule has 0 aliphatic carbocycles. The van der Waals surface area contributed by atoms with E-state index in [0.29, 0.717) is 38.5 Å². The molecule has 0 aliphatic rings. The molecule has 0 amide bonds. The summed E-state index contributed by atoms with van der Waals surface area (Å²) >= 11 is 6.10. The maximum Gasteiger partial charge on any atom is 0.308 e. The predicted molar refractivity (Wildman–Crippen MR) is 105 cm³/mol. The minimum Gasteiger partial charge on any atom is -0.434 e. The third-order valence-corrected chi connectivity index (χ3v) is 4.37. The molecule has 10 heteroatoms. The van der Waals surface area contributed by atoms with E-state index in [9.17, 15) is 4.79 Å². The van der Waals surface area contributed by atoms with Crippen LogP contribution in [0, 0.1) is 0 Å². The topological polar surface area (TPSA) is 108 Å². The Kier molecular flexibility index (Phi) is 3.95. The second-order valence-electron chi connectivity index (χ2n) is 6.13. The number of hydrogen-bond acceptors (Lipinski definition) is 8. The Labute approximate surface area is 167 Å². The average Bonchev–Trinajstić information content (AvgIpc) is 3.34. The van der Waals surface area contributed by atoms with Gasteiger partial charge < -0.3 is 9.15 Å². The Balaban J connectivity index is 1.75. The third kappa shape index (κ3) is 3.07. The van der Waals surface area contributed by atoms with E-state index >= 15 is 0 Å². The van der Waals surface area contributed by atoms with E-state index in [4.69, 9.17) is 20.8 Å². The molecule has 0 spiro atoms. The van der Waals surface area contributed by atoms with E-state index < -0.39 is 5.97 Å². The molecule has 0 radical (unpaired) electrons. The Morgan fingerprint density at radius 2 is 2.03 bits per heavy atom. The van der Waals surface area contributed by atoms with Crippen LogP contribution < -0.4 is 0 Å². The summed E-state index contributed by atoms with van der Waals surface area (Å²) in [6, 6.07) is 12.4. The molecule has 0 atom stereocenters. The van der Waals surface area contributed by atoms with Crippen molar-refractivity contribution in [2.45, 2.75) is 6.92 Å². The molecule has 9 nitrogen and oxygen atoms in total. The van der Waals surface area contributed by atoms with Crippen molar-refractivity contribution in [2.24, 2.45) is 0 Å². The number of carbonyl (C=O) groups excluding carboxylic acids is 1. The zero-order valence-electron chi connectivity index (χ0n) is 14.9.